The lowest BCUT2D eigenvalue weighted by molar-refractivity contribution is -0.580. The lowest BCUT2D eigenvalue weighted by atomic mass is 9.95. The van der Waals surface area contributed by atoms with Crippen molar-refractivity contribution in [2.24, 2.45) is 0 Å². The minimum atomic E-state index is -1.42. The molecule has 4 aliphatic heterocycles. The number of rotatable bonds is 3. The van der Waals surface area contributed by atoms with Crippen molar-refractivity contribution in [2.45, 2.75) is 74.7 Å². The molecule has 0 saturated carbocycles. The molecule has 7 N–H and O–H groups in total. The van der Waals surface area contributed by atoms with E-state index in [1.807, 2.05) is 0 Å². The Morgan fingerprint density at radius 1 is 1.30 bits per heavy atom. The number of amides is 1. The summed E-state index contributed by atoms with van der Waals surface area (Å²) in [5, 5.41) is 46.1. The summed E-state index contributed by atoms with van der Waals surface area (Å²) in [6.45, 7) is 2.27. The molecule has 0 aromatic carbocycles. The first-order chi connectivity index (χ1) is 14.3. The minimum Gasteiger partial charge on any atom is -0.387 e. The summed E-state index contributed by atoms with van der Waals surface area (Å²) in [5.74, 6) is -0.227. The van der Waals surface area contributed by atoms with E-state index in [9.17, 15) is 20.1 Å². The number of aliphatic hydroxyl groups excluding tert-OH is 3. The molecule has 4 aliphatic rings. The first-order valence-electron chi connectivity index (χ1n) is 9.49. The van der Waals surface area contributed by atoms with Crippen LogP contribution in [0.1, 0.15) is 13.8 Å². The third-order valence-electron chi connectivity index (χ3n) is 5.56. The number of ether oxygens (including phenoxy) is 3. The van der Waals surface area contributed by atoms with Crippen molar-refractivity contribution in [2.75, 3.05) is 13.2 Å². The van der Waals surface area contributed by atoms with Gasteiger partial charge in [-0.15, -0.1) is 0 Å². The summed E-state index contributed by atoms with van der Waals surface area (Å²) in [6, 6.07) is -1.04. The summed E-state index contributed by atoms with van der Waals surface area (Å²) < 4.78 is 17.5. The molecule has 0 bridgehead atoms. The van der Waals surface area contributed by atoms with Gasteiger partial charge < -0.3 is 34.8 Å². The Balaban J connectivity index is 1.62. The lowest BCUT2D eigenvalue weighted by Crippen LogP contribution is -2.89. The van der Waals surface area contributed by atoms with Crippen molar-refractivity contribution in [3.8, 4) is 0 Å². The fraction of sp³-hybridized carbons (Fsp3) is 0.875. The summed E-state index contributed by atoms with van der Waals surface area (Å²) in [5.41, 5.74) is -1.25. The van der Waals surface area contributed by atoms with Gasteiger partial charge in [-0.2, -0.15) is 4.89 Å². The number of nitrogens with one attached hydrogen (secondary N) is 3. The molecule has 170 valence electrons. The maximum absolute atomic E-state index is 11.6. The van der Waals surface area contributed by atoms with E-state index in [1.165, 1.54) is 13.8 Å². The number of hydrogen-bond acceptors (Lipinski definition) is 12. The number of hydrogen-bond donors (Lipinski definition) is 7. The summed E-state index contributed by atoms with van der Waals surface area (Å²) in [4.78, 5) is 28.7. The van der Waals surface area contributed by atoms with E-state index in [4.69, 9.17) is 29.2 Å². The quantitative estimate of drug-likeness (QED) is 0.126. The van der Waals surface area contributed by atoms with Gasteiger partial charge >= 0.3 is 5.90 Å². The topological polar surface area (TPSA) is 201 Å². The van der Waals surface area contributed by atoms with Crippen LogP contribution in [-0.2, 0) is 33.7 Å². The van der Waals surface area contributed by atoms with E-state index in [2.05, 4.69) is 20.5 Å². The largest absolute Gasteiger partial charge is 0.387 e. The number of aliphatic hydroxyl groups is 3. The van der Waals surface area contributed by atoms with Crippen LogP contribution in [0.25, 0.3) is 0 Å². The molecule has 1 amide bonds. The Kier molecular flexibility index (Phi) is 5.97. The van der Waals surface area contributed by atoms with E-state index in [-0.39, 0.29) is 18.4 Å². The Hall–Kier alpha value is -1.46. The zero-order chi connectivity index (χ0) is 21.6. The van der Waals surface area contributed by atoms with E-state index in [0.717, 1.165) is 0 Å². The fourth-order valence-corrected chi connectivity index (χ4v) is 4.05. The van der Waals surface area contributed by atoms with Crippen molar-refractivity contribution in [1.82, 2.24) is 10.6 Å². The van der Waals surface area contributed by atoms with Crippen LogP contribution in [0.3, 0.4) is 0 Å². The van der Waals surface area contributed by atoms with Crippen LogP contribution in [0.5, 0.6) is 0 Å². The first kappa shape index (κ1) is 21.8. The van der Waals surface area contributed by atoms with Gasteiger partial charge in [-0.05, 0) is 0 Å². The van der Waals surface area contributed by atoms with Gasteiger partial charge in [0.15, 0.2) is 5.66 Å². The standard InChI is InChI=1S/C16H25N3O11/c1-5(20)18-16-13(23)12-8(28-15(16)19-16)4-26-30-6(2)17-9-11(22)10(21)7(3-25-24)27-14(9)29-12/h7-15,19,21-24H,3-4H2,1-2H3,(H,18,20)/p+1/t7-,8-,9-,10-,11-,12-,13+,14+,15+,16+/m1/s1. The van der Waals surface area contributed by atoms with Crippen molar-refractivity contribution in [3.63, 3.8) is 0 Å². The molecule has 0 aliphatic carbocycles. The van der Waals surface area contributed by atoms with Crippen LogP contribution in [0.15, 0.2) is 0 Å². The lowest BCUT2D eigenvalue weighted by Gasteiger charge is -2.43. The highest BCUT2D eigenvalue weighted by Gasteiger charge is 2.69. The van der Waals surface area contributed by atoms with Crippen LogP contribution in [0.2, 0.25) is 0 Å². The minimum absolute atomic E-state index is 0.124. The SMILES string of the molecule is CC(=O)N[C@@]12N[C@H]1O[C@@H]1COOC(C)=[NH+][C@H]3[C@H](O[C@H]1[C@@H]2O)O[C@H](COO)[C@@H](O)[C@@H]3O. The summed E-state index contributed by atoms with van der Waals surface area (Å²) in [7, 11) is 0. The van der Waals surface area contributed by atoms with E-state index in [1.54, 1.807) is 0 Å². The van der Waals surface area contributed by atoms with E-state index in [0.29, 0.717) is 0 Å². The maximum atomic E-state index is 11.6. The predicted octanol–water partition coefficient (Wildman–Crippen LogP) is -5.34. The van der Waals surface area contributed by atoms with Gasteiger partial charge in [0.1, 0.15) is 56.1 Å². The molecule has 10 atom stereocenters. The normalized spacial score (nSPS) is 48.2. The monoisotopic (exact) mass is 436 g/mol. The molecular weight excluding hydrogens is 410 g/mol. The van der Waals surface area contributed by atoms with Crippen molar-refractivity contribution in [1.29, 1.82) is 0 Å². The Bertz CT molecular complexity index is 695. The zero-order valence-electron chi connectivity index (χ0n) is 16.3. The van der Waals surface area contributed by atoms with Gasteiger partial charge in [0.25, 0.3) is 0 Å². The maximum Gasteiger partial charge on any atom is 0.365 e. The first-order valence-corrected chi connectivity index (χ1v) is 9.49. The van der Waals surface area contributed by atoms with E-state index < -0.39 is 67.5 Å². The highest BCUT2D eigenvalue weighted by atomic mass is 17.2. The Labute approximate surface area is 170 Å². The highest BCUT2D eigenvalue weighted by molar-refractivity contribution is 5.74. The molecule has 0 radical (unpaired) electrons. The summed E-state index contributed by atoms with van der Waals surface area (Å²) >= 11 is 0. The Morgan fingerprint density at radius 2 is 2.07 bits per heavy atom. The highest BCUT2D eigenvalue weighted by Crippen LogP contribution is 2.40. The molecule has 30 heavy (non-hydrogen) atoms. The van der Waals surface area contributed by atoms with Gasteiger partial charge in [-0.3, -0.25) is 20.3 Å². The molecule has 0 spiro atoms. The molecule has 14 heteroatoms. The molecular formula is C16H26N3O11+. The van der Waals surface area contributed by atoms with Crippen LogP contribution in [-0.4, -0.2) is 106 Å². The second-order valence-corrected chi connectivity index (χ2v) is 7.71. The van der Waals surface area contributed by atoms with Crippen LogP contribution < -0.4 is 15.6 Å². The number of fused-ring (bicyclic) bond motifs is 3. The molecule has 3 fully saturated rings. The summed E-state index contributed by atoms with van der Waals surface area (Å²) in [6.07, 6.45) is -9.04. The molecule has 4 rings (SSSR count). The fourth-order valence-electron chi connectivity index (χ4n) is 4.05. The van der Waals surface area contributed by atoms with E-state index >= 15 is 0 Å². The zero-order valence-corrected chi connectivity index (χ0v) is 16.3. The second-order valence-electron chi connectivity index (χ2n) is 7.71. The predicted molar refractivity (Wildman–Crippen MR) is 90.9 cm³/mol. The average molecular weight is 436 g/mol. The second kappa shape index (κ2) is 8.23. The average Bonchev–Trinajstić information content (AvgIpc) is 3.38. The molecule has 0 unspecified atom stereocenters. The van der Waals surface area contributed by atoms with Gasteiger partial charge in [-0.1, -0.05) is 0 Å². The smallest absolute Gasteiger partial charge is 0.365 e. The van der Waals surface area contributed by atoms with Crippen LogP contribution >= 0.6 is 0 Å². The van der Waals surface area contributed by atoms with Gasteiger partial charge in [-0.25, -0.2) is 9.88 Å². The molecule has 0 aromatic rings. The molecule has 14 nitrogen and oxygen atoms in total. The third kappa shape index (κ3) is 3.80. The van der Waals surface area contributed by atoms with Crippen LogP contribution in [0.4, 0.5) is 0 Å². The third-order valence-corrected chi connectivity index (χ3v) is 5.56. The van der Waals surface area contributed by atoms with Gasteiger partial charge in [0.2, 0.25) is 18.2 Å². The van der Waals surface area contributed by atoms with Crippen LogP contribution in [0, 0.1) is 0 Å². The number of carbonyl (C=O) groups is 1. The van der Waals surface area contributed by atoms with Crippen molar-refractivity contribution >= 4 is 11.8 Å². The van der Waals surface area contributed by atoms with Crippen molar-refractivity contribution in [3.05, 3.63) is 0 Å². The number of carbonyl (C=O) groups excluding carboxylic acids is 1. The molecule has 4 heterocycles. The van der Waals surface area contributed by atoms with Gasteiger partial charge in [0, 0.05) is 6.92 Å². The van der Waals surface area contributed by atoms with Crippen molar-refractivity contribution < 1.29 is 59.2 Å². The van der Waals surface area contributed by atoms with Gasteiger partial charge in [0.05, 0.1) is 6.92 Å². The molecule has 0 aromatic heterocycles. The Morgan fingerprint density at radius 3 is 2.77 bits per heavy atom. The molecule has 3 saturated heterocycles.